The van der Waals surface area contributed by atoms with E-state index in [1.54, 1.807) is 0 Å². The zero-order chi connectivity index (χ0) is 5.70. The van der Waals surface area contributed by atoms with Crippen molar-refractivity contribution in [2.45, 2.75) is 0 Å². The molecule has 46 valence electrons. The van der Waals surface area contributed by atoms with Crippen LogP contribution in [0.4, 0.5) is 0 Å². The summed E-state index contributed by atoms with van der Waals surface area (Å²) in [7, 11) is 0. The SMILES string of the molecule is O=C(O)/C=C/CCl.[GaH3]. The molecule has 0 aliphatic heterocycles. The number of allylic oxidation sites excluding steroid dienone is 1. The quantitative estimate of drug-likeness (QED) is 0.371. The predicted octanol–water partition coefficient (Wildman–Crippen LogP) is -0.318. The van der Waals surface area contributed by atoms with Gasteiger partial charge in [-0.25, -0.2) is 4.79 Å². The number of carbonyl (C=O) groups is 1. The van der Waals surface area contributed by atoms with E-state index in [2.05, 4.69) is 0 Å². The molecule has 0 heterocycles. The summed E-state index contributed by atoms with van der Waals surface area (Å²) in [5.74, 6) is -0.701. The van der Waals surface area contributed by atoms with Crippen molar-refractivity contribution in [2.75, 3.05) is 5.88 Å². The Bertz CT molecular complexity index is 92.0. The van der Waals surface area contributed by atoms with Crippen molar-refractivity contribution in [2.24, 2.45) is 0 Å². The second kappa shape index (κ2) is 7.14. The van der Waals surface area contributed by atoms with E-state index in [-0.39, 0.29) is 25.7 Å². The summed E-state index contributed by atoms with van der Waals surface area (Å²) in [6.07, 6.45) is 2.37. The second-order valence-corrected chi connectivity index (χ2v) is 1.20. The summed E-state index contributed by atoms with van der Waals surface area (Å²) < 4.78 is 0. The Hall–Kier alpha value is 0.136. The van der Waals surface area contributed by atoms with E-state index in [4.69, 9.17) is 16.7 Å². The maximum absolute atomic E-state index is 9.61. The first-order valence-corrected chi connectivity index (χ1v) is 2.26. The topological polar surface area (TPSA) is 37.3 Å². The maximum atomic E-state index is 9.61. The van der Waals surface area contributed by atoms with Gasteiger partial charge in [0.15, 0.2) is 0 Å². The van der Waals surface area contributed by atoms with Crippen LogP contribution in [0.5, 0.6) is 0 Å². The van der Waals surface area contributed by atoms with Crippen molar-refractivity contribution in [1.82, 2.24) is 0 Å². The van der Waals surface area contributed by atoms with Crippen molar-refractivity contribution in [3.8, 4) is 0 Å². The van der Waals surface area contributed by atoms with E-state index in [9.17, 15) is 4.79 Å². The van der Waals surface area contributed by atoms with Gasteiger partial charge in [0.25, 0.3) is 0 Å². The predicted molar refractivity (Wildman–Crippen MR) is 37.4 cm³/mol. The third-order valence-electron chi connectivity index (χ3n) is 0.350. The van der Waals surface area contributed by atoms with Gasteiger partial charge in [-0.3, -0.25) is 0 Å². The molecule has 0 spiro atoms. The average Bonchev–Trinajstić information content (AvgIpc) is 1.61. The molecular formula is C4H8ClGaO2. The minimum absolute atomic E-state index is 0. The molecule has 0 aromatic heterocycles. The fourth-order valence-corrected chi connectivity index (χ4v) is 0.234. The summed E-state index contributed by atoms with van der Waals surface area (Å²) in [4.78, 5) is 9.61. The molecule has 0 aromatic carbocycles. The molecule has 0 saturated carbocycles. The Morgan fingerprint density at radius 2 is 2.25 bits per heavy atom. The number of alkyl halides is 1. The van der Waals surface area contributed by atoms with Gasteiger partial charge in [0, 0.05) is 12.0 Å². The summed E-state index contributed by atoms with van der Waals surface area (Å²) in [6, 6.07) is 0. The van der Waals surface area contributed by atoms with Crippen molar-refractivity contribution in [3.05, 3.63) is 12.2 Å². The molecule has 2 nitrogen and oxygen atoms in total. The van der Waals surface area contributed by atoms with Crippen LogP contribution in [-0.4, -0.2) is 36.7 Å². The fraction of sp³-hybridized carbons (Fsp3) is 0.250. The van der Waals surface area contributed by atoms with E-state index in [1.807, 2.05) is 0 Å². The molecule has 0 atom stereocenters. The standard InChI is InChI=1S/C4H5ClO2.Ga.3H/c5-3-1-2-4(6)7;;;;/h1-2H,3H2,(H,6,7);;;;/b2-1+;;;;. The first kappa shape index (κ1) is 11.0. The molecule has 1 N–H and O–H groups in total. The van der Waals surface area contributed by atoms with E-state index in [0.29, 0.717) is 0 Å². The molecule has 0 amide bonds. The van der Waals surface area contributed by atoms with Gasteiger partial charge in [-0.15, -0.1) is 11.6 Å². The Kier molecular flexibility index (Phi) is 9.82. The van der Waals surface area contributed by atoms with Gasteiger partial charge in [-0.05, 0) is 0 Å². The van der Waals surface area contributed by atoms with Gasteiger partial charge in [0.05, 0.1) is 0 Å². The third kappa shape index (κ3) is 9.46. The van der Waals surface area contributed by atoms with Crippen molar-refractivity contribution in [1.29, 1.82) is 0 Å². The fourth-order valence-electron chi connectivity index (χ4n) is 0.145. The average molecular weight is 193 g/mol. The van der Waals surface area contributed by atoms with Crippen molar-refractivity contribution < 1.29 is 9.90 Å². The summed E-state index contributed by atoms with van der Waals surface area (Å²) >= 11 is 5.10. The zero-order valence-electron chi connectivity index (χ0n) is 3.60. The van der Waals surface area contributed by atoms with Crippen LogP contribution in [0.3, 0.4) is 0 Å². The van der Waals surface area contributed by atoms with Crippen LogP contribution in [0.25, 0.3) is 0 Å². The van der Waals surface area contributed by atoms with Crippen LogP contribution in [-0.2, 0) is 4.79 Å². The van der Waals surface area contributed by atoms with Gasteiger partial charge in [0.1, 0.15) is 0 Å². The number of halogens is 1. The number of carboxylic acid groups (broad SMARTS) is 1. The molecule has 4 heteroatoms. The summed E-state index contributed by atoms with van der Waals surface area (Å²) in [5.41, 5.74) is 0. The molecule has 0 aromatic rings. The van der Waals surface area contributed by atoms with Gasteiger partial charge in [0.2, 0.25) is 0 Å². The Morgan fingerprint density at radius 1 is 1.75 bits per heavy atom. The molecule has 0 unspecified atom stereocenters. The number of hydrogen-bond acceptors (Lipinski definition) is 1. The van der Waals surface area contributed by atoms with Gasteiger partial charge in [-0.1, -0.05) is 6.08 Å². The first-order chi connectivity index (χ1) is 3.27. The van der Waals surface area contributed by atoms with Crippen LogP contribution >= 0.6 is 11.6 Å². The van der Waals surface area contributed by atoms with Crippen molar-refractivity contribution in [3.63, 3.8) is 0 Å². The summed E-state index contributed by atoms with van der Waals surface area (Å²) in [5, 5.41) is 7.90. The van der Waals surface area contributed by atoms with Crippen LogP contribution in [0, 0.1) is 0 Å². The third-order valence-corrected chi connectivity index (χ3v) is 0.528. The van der Waals surface area contributed by atoms with Crippen LogP contribution in [0.2, 0.25) is 0 Å². The Morgan fingerprint density at radius 3 is 2.38 bits per heavy atom. The number of aliphatic carboxylic acids is 1. The van der Waals surface area contributed by atoms with Gasteiger partial charge >= 0.3 is 25.8 Å². The molecule has 0 aliphatic rings. The molecule has 0 bridgehead atoms. The van der Waals surface area contributed by atoms with Crippen LogP contribution in [0.15, 0.2) is 12.2 Å². The van der Waals surface area contributed by atoms with Crippen LogP contribution < -0.4 is 0 Å². The number of rotatable bonds is 2. The van der Waals surface area contributed by atoms with E-state index in [1.165, 1.54) is 6.08 Å². The number of carboxylic acids is 1. The Balaban J connectivity index is 0. The normalized spacial score (nSPS) is 8.62. The molecule has 0 radical (unpaired) electrons. The summed E-state index contributed by atoms with van der Waals surface area (Å²) in [6.45, 7) is 0. The van der Waals surface area contributed by atoms with E-state index < -0.39 is 5.97 Å². The molecule has 0 saturated heterocycles. The monoisotopic (exact) mass is 192 g/mol. The first-order valence-electron chi connectivity index (χ1n) is 1.73. The molecule has 0 aliphatic carbocycles. The number of hydrogen-bond donors (Lipinski definition) is 1. The van der Waals surface area contributed by atoms with E-state index >= 15 is 0 Å². The van der Waals surface area contributed by atoms with Gasteiger partial charge in [-0.2, -0.15) is 0 Å². The minimum atomic E-state index is -0.958. The zero-order valence-corrected chi connectivity index (χ0v) is 4.35. The Labute approximate surface area is 65.6 Å². The molecular weight excluding hydrogens is 185 g/mol. The van der Waals surface area contributed by atoms with Crippen molar-refractivity contribution >= 4 is 37.4 Å². The molecule has 0 fully saturated rings. The van der Waals surface area contributed by atoms with E-state index in [0.717, 1.165) is 6.08 Å². The second-order valence-electron chi connectivity index (χ2n) is 0.895. The van der Waals surface area contributed by atoms with Gasteiger partial charge < -0.3 is 5.11 Å². The molecule has 0 rings (SSSR count). The molecule has 8 heavy (non-hydrogen) atoms. The van der Waals surface area contributed by atoms with Crippen LogP contribution in [0.1, 0.15) is 0 Å².